The first-order chi connectivity index (χ1) is 9.78. The molecule has 0 saturated heterocycles. The molecule has 3 aromatic rings. The summed E-state index contributed by atoms with van der Waals surface area (Å²) in [4.78, 5) is 4.21. The smallest absolute Gasteiger partial charge is 0.231 e. The first kappa shape index (κ1) is 12.2. The molecule has 0 bridgehead atoms. The average Bonchev–Trinajstić information content (AvgIpc) is 3.08. The summed E-state index contributed by atoms with van der Waals surface area (Å²) < 4.78 is 14.9. The second-order valence-electron chi connectivity index (χ2n) is 4.00. The molecule has 1 aromatic carbocycles. The molecule has 2 heterocycles. The van der Waals surface area contributed by atoms with Crippen molar-refractivity contribution in [2.24, 2.45) is 0 Å². The van der Waals surface area contributed by atoms with E-state index in [1.165, 1.54) is 0 Å². The molecule has 2 aromatic heterocycles. The lowest BCUT2D eigenvalue weighted by Crippen LogP contribution is -1.94. The number of ether oxygens (including phenoxy) is 1. The third kappa shape index (κ3) is 2.18. The second-order valence-corrected chi connectivity index (χ2v) is 4.00. The van der Waals surface area contributed by atoms with Crippen LogP contribution in [-0.2, 0) is 6.42 Å². The maximum absolute atomic E-state index is 5.57. The molecule has 0 amide bonds. The van der Waals surface area contributed by atoms with Crippen molar-refractivity contribution in [1.29, 1.82) is 0 Å². The number of benzene rings is 1. The molecule has 0 spiro atoms. The van der Waals surface area contributed by atoms with Crippen LogP contribution in [0.2, 0.25) is 0 Å². The molecule has 0 aliphatic heterocycles. The van der Waals surface area contributed by atoms with E-state index in [9.17, 15) is 0 Å². The van der Waals surface area contributed by atoms with Crippen LogP contribution in [0.15, 0.2) is 33.4 Å². The Hall–Kier alpha value is -2.90. The summed E-state index contributed by atoms with van der Waals surface area (Å²) >= 11 is 0. The summed E-state index contributed by atoms with van der Waals surface area (Å²) in [5.41, 5.74) is 6.78. The molecule has 0 saturated carbocycles. The number of para-hydroxylation sites is 1. The van der Waals surface area contributed by atoms with Gasteiger partial charge >= 0.3 is 0 Å². The van der Waals surface area contributed by atoms with Crippen LogP contribution < -0.4 is 10.5 Å². The van der Waals surface area contributed by atoms with Crippen LogP contribution in [0.25, 0.3) is 11.5 Å². The van der Waals surface area contributed by atoms with Crippen molar-refractivity contribution in [3.05, 3.63) is 35.7 Å². The predicted molar refractivity (Wildman–Crippen MR) is 67.8 cm³/mol. The van der Waals surface area contributed by atoms with Gasteiger partial charge in [0.2, 0.25) is 11.7 Å². The summed E-state index contributed by atoms with van der Waals surface area (Å²) in [5, 5.41) is 10.9. The first-order valence-electron chi connectivity index (χ1n) is 5.81. The number of nitrogens with zero attached hydrogens (tertiary/aromatic N) is 4. The molecule has 20 heavy (non-hydrogen) atoms. The monoisotopic (exact) mass is 273 g/mol. The van der Waals surface area contributed by atoms with E-state index in [1.807, 2.05) is 24.3 Å². The Morgan fingerprint density at radius 3 is 2.80 bits per heavy atom. The maximum Gasteiger partial charge on any atom is 0.231 e. The lowest BCUT2D eigenvalue weighted by molar-refractivity contribution is 0.310. The number of methoxy groups -OCH3 is 1. The fourth-order valence-electron chi connectivity index (χ4n) is 1.79. The Kier molecular flexibility index (Phi) is 3.04. The predicted octanol–water partition coefficient (Wildman–Crippen LogP) is 1.30. The first-order valence-corrected chi connectivity index (χ1v) is 5.81. The third-order valence-electron chi connectivity index (χ3n) is 2.73. The molecule has 0 aliphatic rings. The van der Waals surface area contributed by atoms with E-state index < -0.39 is 0 Å². The van der Waals surface area contributed by atoms with Gasteiger partial charge in [0.15, 0.2) is 11.5 Å². The highest BCUT2D eigenvalue weighted by molar-refractivity contribution is 5.61. The van der Waals surface area contributed by atoms with Gasteiger partial charge in [-0.15, -0.1) is 0 Å². The molecule has 8 nitrogen and oxygen atoms in total. The average molecular weight is 273 g/mol. The van der Waals surface area contributed by atoms with Gasteiger partial charge < -0.3 is 15.0 Å². The molecule has 0 aliphatic carbocycles. The number of nitrogen functional groups attached to an aromatic ring is 1. The van der Waals surface area contributed by atoms with Gasteiger partial charge in [-0.2, -0.15) is 4.98 Å². The topological polar surface area (TPSA) is 113 Å². The van der Waals surface area contributed by atoms with E-state index in [0.717, 1.165) is 11.3 Å². The zero-order valence-electron chi connectivity index (χ0n) is 10.6. The van der Waals surface area contributed by atoms with Gasteiger partial charge in [0.25, 0.3) is 0 Å². The second kappa shape index (κ2) is 5.00. The summed E-state index contributed by atoms with van der Waals surface area (Å²) in [6, 6.07) is 7.60. The zero-order valence-corrected chi connectivity index (χ0v) is 10.6. The van der Waals surface area contributed by atoms with Gasteiger partial charge in [0.1, 0.15) is 5.75 Å². The zero-order chi connectivity index (χ0) is 13.9. The summed E-state index contributed by atoms with van der Waals surface area (Å²) in [6.45, 7) is 0. The van der Waals surface area contributed by atoms with Crippen molar-refractivity contribution >= 4 is 5.82 Å². The lowest BCUT2D eigenvalue weighted by Gasteiger charge is -2.04. The van der Waals surface area contributed by atoms with E-state index in [2.05, 4.69) is 25.1 Å². The molecule has 0 fully saturated rings. The Morgan fingerprint density at radius 2 is 2.05 bits per heavy atom. The number of aromatic nitrogens is 4. The van der Waals surface area contributed by atoms with E-state index in [0.29, 0.717) is 12.3 Å². The minimum Gasteiger partial charge on any atom is -0.496 e. The molecular formula is C12H11N5O3. The highest BCUT2D eigenvalue weighted by Gasteiger charge is 2.17. The fraction of sp³-hybridized carbons (Fsp3) is 0.167. The molecule has 0 atom stereocenters. The van der Waals surface area contributed by atoms with Crippen LogP contribution in [-0.4, -0.2) is 27.6 Å². The highest BCUT2D eigenvalue weighted by atomic mass is 16.6. The maximum atomic E-state index is 5.57. The highest BCUT2D eigenvalue weighted by Crippen LogP contribution is 2.22. The lowest BCUT2D eigenvalue weighted by atomic mass is 10.1. The van der Waals surface area contributed by atoms with E-state index in [1.54, 1.807) is 7.11 Å². The van der Waals surface area contributed by atoms with Crippen molar-refractivity contribution in [1.82, 2.24) is 20.5 Å². The van der Waals surface area contributed by atoms with Gasteiger partial charge in [-0.25, -0.2) is 4.63 Å². The van der Waals surface area contributed by atoms with Gasteiger partial charge in [-0.1, -0.05) is 23.4 Å². The molecule has 8 heteroatoms. The minimum atomic E-state index is 0.120. The van der Waals surface area contributed by atoms with Crippen LogP contribution in [0.4, 0.5) is 5.82 Å². The molecule has 0 unspecified atom stereocenters. The van der Waals surface area contributed by atoms with Gasteiger partial charge in [0, 0.05) is 5.56 Å². The number of anilines is 1. The largest absolute Gasteiger partial charge is 0.496 e. The molecule has 0 radical (unpaired) electrons. The third-order valence-corrected chi connectivity index (χ3v) is 2.73. The fourth-order valence-corrected chi connectivity index (χ4v) is 1.79. The number of hydrogen-bond acceptors (Lipinski definition) is 8. The van der Waals surface area contributed by atoms with Crippen LogP contribution in [0.1, 0.15) is 11.5 Å². The van der Waals surface area contributed by atoms with Crippen molar-refractivity contribution in [3.8, 4) is 17.3 Å². The van der Waals surface area contributed by atoms with E-state index in [4.69, 9.17) is 15.0 Å². The van der Waals surface area contributed by atoms with Crippen LogP contribution in [0.5, 0.6) is 5.75 Å². The van der Waals surface area contributed by atoms with Crippen molar-refractivity contribution in [3.63, 3.8) is 0 Å². The van der Waals surface area contributed by atoms with Crippen molar-refractivity contribution < 1.29 is 13.9 Å². The van der Waals surface area contributed by atoms with Crippen molar-refractivity contribution in [2.45, 2.75) is 6.42 Å². The summed E-state index contributed by atoms with van der Waals surface area (Å²) in [6.07, 6.45) is 0.447. The molecular weight excluding hydrogens is 262 g/mol. The van der Waals surface area contributed by atoms with Crippen LogP contribution in [0, 0.1) is 0 Å². The van der Waals surface area contributed by atoms with Gasteiger partial charge in [-0.3, -0.25) is 0 Å². The molecule has 102 valence electrons. The number of rotatable bonds is 4. The Labute approximate surface area is 113 Å². The number of nitrogens with two attached hydrogens (primary N) is 1. The van der Waals surface area contributed by atoms with Gasteiger partial charge in [0.05, 0.1) is 13.5 Å². The van der Waals surface area contributed by atoms with Crippen molar-refractivity contribution in [2.75, 3.05) is 12.8 Å². The minimum absolute atomic E-state index is 0.120. The Bertz CT molecular complexity index is 721. The number of hydrogen-bond donors (Lipinski definition) is 1. The van der Waals surface area contributed by atoms with E-state index >= 15 is 0 Å². The summed E-state index contributed by atoms with van der Waals surface area (Å²) in [7, 11) is 1.61. The Morgan fingerprint density at radius 1 is 1.20 bits per heavy atom. The normalized spacial score (nSPS) is 10.7. The van der Waals surface area contributed by atoms with Crippen LogP contribution >= 0.6 is 0 Å². The van der Waals surface area contributed by atoms with Gasteiger partial charge in [-0.05, 0) is 16.4 Å². The Balaban J connectivity index is 1.86. The molecule has 2 N–H and O–H groups in total. The SMILES string of the molecule is COc1ccccc1Cc1nc(-c2nonc2N)no1. The van der Waals surface area contributed by atoms with E-state index in [-0.39, 0.29) is 17.3 Å². The quantitative estimate of drug-likeness (QED) is 0.756. The standard InChI is InChI=1S/C12H11N5O3/c1-18-8-5-3-2-4-7(8)6-9-14-12(17-19-9)10-11(13)16-20-15-10/h2-5H,6H2,1H3,(H2,13,16). The van der Waals surface area contributed by atoms with Crippen LogP contribution in [0.3, 0.4) is 0 Å². The summed E-state index contributed by atoms with van der Waals surface area (Å²) in [5.74, 6) is 1.55. The molecule has 3 rings (SSSR count).